The molecule has 1 amide bonds. The van der Waals surface area contributed by atoms with E-state index in [2.05, 4.69) is 10.3 Å². The Morgan fingerprint density at radius 1 is 1.64 bits per heavy atom. The number of imidazole rings is 1. The summed E-state index contributed by atoms with van der Waals surface area (Å²) in [4.78, 5) is 15.4. The lowest BCUT2D eigenvalue weighted by atomic mass is 10.2. The SMILES string of the molecule is O=C(NC1CCCSC1)n1ccnc1. The maximum atomic E-state index is 11.6. The van der Waals surface area contributed by atoms with Crippen LogP contribution in [0.1, 0.15) is 12.8 Å². The van der Waals surface area contributed by atoms with Gasteiger partial charge in [-0.15, -0.1) is 0 Å². The first-order valence-electron chi connectivity index (χ1n) is 4.73. The summed E-state index contributed by atoms with van der Waals surface area (Å²) in [5, 5.41) is 2.98. The lowest BCUT2D eigenvalue weighted by Crippen LogP contribution is -2.40. The van der Waals surface area contributed by atoms with Gasteiger partial charge in [-0.1, -0.05) is 0 Å². The molecule has 0 aliphatic carbocycles. The Hall–Kier alpha value is -0.970. The molecule has 1 N–H and O–H groups in total. The van der Waals surface area contributed by atoms with Crippen molar-refractivity contribution in [3.8, 4) is 0 Å². The number of nitrogens with one attached hydrogen (secondary N) is 1. The molecule has 0 aromatic carbocycles. The van der Waals surface area contributed by atoms with Crippen LogP contribution in [-0.2, 0) is 0 Å². The van der Waals surface area contributed by atoms with E-state index in [1.807, 2.05) is 11.8 Å². The van der Waals surface area contributed by atoms with Gasteiger partial charge in [0.1, 0.15) is 6.33 Å². The van der Waals surface area contributed by atoms with Gasteiger partial charge in [-0.3, -0.25) is 4.57 Å². The summed E-state index contributed by atoms with van der Waals surface area (Å²) in [7, 11) is 0. The third-order valence-electron chi connectivity index (χ3n) is 2.23. The van der Waals surface area contributed by atoms with Gasteiger partial charge in [0.2, 0.25) is 0 Å². The number of carbonyl (C=O) groups excluding carboxylic acids is 1. The zero-order chi connectivity index (χ0) is 9.80. The van der Waals surface area contributed by atoms with Gasteiger partial charge in [-0.05, 0) is 18.6 Å². The molecule has 1 aliphatic heterocycles. The molecule has 1 unspecified atom stereocenters. The summed E-state index contributed by atoms with van der Waals surface area (Å²) < 4.78 is 1.47. The van der Waals surface area contributed by atoms with Gasteiger partial charge in [-0.2, -0.15) is 11.8 Å². The average molecular weight is 211 g/mol. The Morgan fingerprint density at radius 3 is 3.21 bits per heavy atom. The number of nitrogens with zero attached hydrogens (tertiary/aromatic N) is 2. The summed E-state index contributed by atoms with van der Waals surface area (Å²) >= 11 is 1.90. The monoisotopic (exact) mass is 211 g/mol. The van der Waals surface area contributed by atoms with E-state index in [0.29, 0.717) is 6.04 Å². The van der Waals surface area contributed by atoms with Crippen molar-refractivity contribution in [3.63, 3.8) is 0 Å². The number of hydrogen-bond acceptors (Lipinski definition) is 3. The molecule has 1 atom stereocenters. The second-order valence-corrected chi connectivity index (χ2v) is 4.48. The Balaban J connectivity index is 1.87. The fourth-order valence-electron chi connectivity index (χ4n) is 1.48. The fraction of sp³-hybridized carbons (Fsp3) is 0.556. The highest BCUT2D eigenvalue weighted by atomic mass is 32.2. The van der Waals surface area contributed by atoms with Crippen molar-refractivity contribution in [2.45, 2.75) is 18.9 Å². The van der Waals surface area contributed by atoms with Crippen molar-refractivity contribution in [1.29, 1.82) is 0 Å². The molecule has 1 aliphatic rings. The fourth-order valence-corrected chi connectivity index (χ4v) is 2.55. The second kappa shape index (κ2) is 4.50. The van der Waals surface area contributed by atoms with Crippen molar-refractivity contribution in [1.82, 2.24) is 14.9 Å². The van der Waals surface area contributed by atoms with Crippen LogP contribution >= 0.6 is 11.8 Å². The van der Waals surface area contributed by atoms with Crippen LogP contribution in [0.3, 0.4) is 0 Å². The van der Waals surface area contributed by atoms with Gasteiger partial charge in [0.15, 0.2) is 0 Å². The number of carbonyl (C=O) groups is 1. The van der Waals surface area contributed by atoms with Crippen LogP contribution < -0.4 is 5.32 Å². The molecule has 0 radical (unpaired) electrons. The van der Waals surface area contributed by atoms with Crippen molar-refractivity contribution < 1.29 is 4.79 Å². The van der Waals surface area contributed by atoms with Gasteiger partial charge >= 0.3 is 6.03 Å². The number of hydrogen-bond donors (Lipinski definition) is 1. The second-order valence-electron chi connectivity index (χ2n) is 3.33. The maximum Gasteiger partial charge on any atom is 0.327 e. The van der Waals surface area contributed by atoms with E-state index in [0.717, 1.165) is 12.2 Å². The third-order valence-corrected chi connectivity index (χ3v) is 3.44. The first-order chi connectivity index (χ1) is 6.86. The van der Waals surface area contributed by atoms with E-state index in [9.17, 15) is 4.79 Å². The molecular weight excluding hydrogens is 198 g/mol. The van der Waals surface area contributed by atoms with Crippen molar-refractivity contribution in [2.75, 3.05) is 11.5 Å². The predicted molar refractivity (Wildman–Crippen MR) is 56.5 cm³/mol. The van der Waals surface area contributed by atoms with E-state index < -0.39 is 0 Å². The van der Waals surface area contributed by atoms with Gasteiger partial charge in [0.25, 0.3) is 0 Å². The minimum Gasteiger partial charge on any atom is -0.334 e. The minimum atomic E-state index is -0.0741. The highest BCUT2D eigenvalue weighted by molar-refractivity contribution is 7.99. The lowest BCUT2D eigenvalue weighted by molar-refractivity contribution is 0.238. The van der Waals surface area contributed by atoms with Crippen LogP contribution in [0.25, 0.3) is 0 Å². The number of thioether (sulfide) groups is 1. The summed E-state index contributed by atoms with van der Waals surface area (Å²) in [6.07, 6.45) is 7.07. The van der Waals surface area contributed by atoms with Crippen LogP contribution in [0.4, 0.5) is 4.79 Å². The molecule has 1 fully saturated rings. The number of amides is 1. The first kappa shape index (κ1) is 9.58. The highest BCUT2D eigenvalue weighted by Gasteiger charge is 2.16. The molecule has 0 saturated carbocycles. The van der Waals surface area contributed by atoms with E-state index in [-0.39, 0.29) is 6.03 Å². The molecule has 14 heavy (non-hydrogen) atoms. The van der Waals surface area contributed by atoms with E-state index in [1.165, 1.54) is 23.1 Å². The predicted octanol–water partition coefficient (Wildman–Crippen LogP) is 1.34. The molecule has 76 valence electrons. The smallest absolute Gasteiger partial charge is 0.327 e. The van der Waals surface area contributed by atoms with Crippen LogP contribution in [-0.4, -0.2) is 33.1 Å². The van der Waals surface area contributed by atoms with Crippen LogP contribution in [0.5, 0.6) is 0 Å². The summed E-state index contributed by atoms with van der Waals surface area (Å²) in [6, 6.07) is 0.249. The Bertz CT molecular complexity index is 293. The molecule has 2 rings (SSSR count). The molecule has 1 aromatic heterocycles. The molecule has 2 heterocycles. The van der Waals surface area contributed by atoms with Crippen molar-refractivity contribution in [3.05, 3.63) is 18.7 Å². The van der Waals surface area contributed by atoms with Gasteiger partial charge in [-0.25, -0.2) is 9.78 Å². The quantitative estimate of drug-likeness (QED) is 0.762. The number of rotatable bonds is 1. The van der Waals surface area contributed by atoms with Crippen molar-refractivity contribution in [2.24, 2.45) is 0 Å². The minimum absolute atomic E-state index is 0.0741. The van der Waals surface area contributed by atoms with Gasteiger partial charge in [0, 0.05) is 24.2 Å². The molecular formula is C9H13N3OS. The zero-order valence-electron chi connectivity index (χ0n) is 7.85. The van der Waals surface area contributed by atoms with Gasteiger partial charge in [0.05, 0.1) is 0 Å². The van der Waals surface area contributed by atoms with Crippen molar-refractivity contribution >= 4 is 17.8 Å². The van der Waals surface area contributed by atoms with Crippen LogP contribution in [0.15, 0.2) is 18.7 Å². The van der Waals surface area contributed by atoms with Crippen LogP contribution in [0, 0.1) is 0 Å². The lowest BCUT2D eigenvalue weighted by Gasteiger charge is -2.22. The zero-order valence-corrected chi connectivity index (χ0v) is 8.67. The molecule has 1 aromatic rings. The summed E-state index contributed by atoms with van der Waals surface area (Å²) in [5.41, 5.74) is 0. The highest BCUT2D eigenvalue weighted by Crippen LogP contribution is 2.16. The Morgan fingerprint density at radius 2 is 2.57 bits per heavy atom. The maximum absolute atomic E-state index is 11.6. The molecule has 0 bridgehead atoms. The molecule has 4 nitrogen and oxygen atoms in total. The number of aromatic nitrogens is 2. The summed E-state index contributed by atoms with van der Waals surface area (Å²) in [6.45, 7) is 0. The molecule has 5 heteroatoms. The average Bonchev–Trinajstić information content (AvgIpc) is 2.72. The molecule has 1 saturated heterocycles. The summed E-state index contributed by atoms with van der Waals surface area (Å²) in [5.74, 6) is 2.25. The molecule has 0 spiro atoms. The largest absolute Gasteiger partial charge is 0.334 e. The van der Waals surface area contributed by atoms with Gasteiger partial charge < -0.3 is 5.32 Å². The van der Waals surface area contributed by atoms with Crippen LogP contribution in [0.2, 0.25) is 0 Å². The normalized spacial score (nSPS) is 21.9. The van der Waals surface area contributed by atoms with E-state index in [4.69, 9.17) is 0 Å². The van der Waals surface area contributed by atoms with E-state index >= 15 is 0 Å². The standard InChI is InChI=1S/C9H13N3OS/c13-9(12-4-3-10-7-12)11-8-2-1-5-14-6-8/h3-4,7-8H,1-2,5-6H2,(H,11,13). The Kier molecular flexibility index (Phi) is 3.08. The third kappa shape index (κ3) is 2.29. The topological polar surface area (TPSA) is 46.9 Å². The first-order valence-corrected chi connectivity index (χ1v) is 5.88. The Labute approximate surface area is 87.1 Å². The van der Waals surface area contributed by atoms with E-state index in [1.54, 1.807) is 12.4 Å².